The molecule has 0 N–H and O–H groups in total. The zero-order valence-corrected chi connectivity index (χ0v) is 11.5. The van der Waals surface area contributed by atoms with E-state index in [0.717, 1.165) is 24.5 Å². The number of halogens is 2. The molecule has 1 saturated heterocycles. The van der Waals surface area contributed by atoms with E-state index in [2.05, 4.69) is 4.90 Å². The zero-order valence-electron chi connectivity index (χ0n) is 9.90. The van der Waals surface area contributed by atoms with Crippen molar-refractivity contribution in [2.45, 2.75) is 18.7 Å². The molecule has 1 heterocycles. The number of likely N-dealkylation sites (tertiary alicyclic amines) is 1. The largest absolute Gasteiger partial charge is 0.492 e. The highest BCUT2D eigenvalue weighted by molar-refractivity contribution is 6.17. The fraction of sp³-hybridized carbons (Fsp3) is 0.538. The van der Waals surface area contributed by atoms with Gasteiger partial charge >= 0.3 is 0 Å². The van der Waals surface area contributed by atoms with Crippen LogP contribution in [0.25, 0.3) is 0 Å². The molecule has 1 aliphatic rings. The fourth-order valence-electron chi connectivity index (χ4n) is 1.97. The van der Waals surface area contributed by atoms with Gasteiger partial charge in [-0.1, -0.05) is 12.1 Å². The first-order chi connectivity index (χ1) is 7.88. The molecule has 1 aromatic rings. The molecule has 0 radical (unpaired) electrons. The van der Waals surface area contributed by atoms with Crippen LogP contribution in [-0.2, 0) is 5.88 Å². The third-order valence-electron chi connectivity index (χ3n) is 2.95. The maximum atomic E-state index is 5.72. The summed E-state index contributed by atoms with van der Waals surface area (Å²) in [4.78, 5) is 2.45. The van der Waals surface area contributed by atoms with E-state index < -0.39 is 0 Å². The van der Waals surface area contributed by atoms with Crippen molar-refractivity contribution >= 4 is 24.0 Å². The van der Waals surface area contributed by atoms with Gasteiger partial charge in [-0.05, 0) is 43.6 Å². The minimum Gasteiger partial charge on any atom is -0.492 e. The molecule has 96 valence electrons. The van der Waals surface area contributed by atoms with Gasteiger partial charge in [0.1, 0.15) is 12.4 Å². The summed E-state index contributed by atoms with van der Waals surface area (Å²) in [5, 5.41) is 0. The molecule has 1 fully saturated rings. The van der Waals surface area contributed by atoms with Crippen molar-refractivity contribution in [2.75, 3.05) is 26.2 Å². The third-order valence-corrected chi connectivity index (χ3v) is 3.26. The van der Waals surface area contributed by atoms with Crippen LogP contribution in [0.1, 0.15) is 18.4 Å². The molecule has 4 heteroatoms. The Morgan fingerprint density at radius 1 is 1.12 bits per heavy atom. The summed E-state index contributed by atoms with van der Waals surface area (Å²) in [5.74, 6) is 1.50. The van der Waals surface area contributed by atoms with Crippen LogP contribution in [0, 0.1) is 0 Å². The van der Waals surface area contributed by atoms with E-state index in [9.17, 15) is 0 Å². The predicted molar refractivity (Wildman–Crippen MR) is 74.4 cm³/mol. The second-order valence-electron chi connectivity index (χ2n) is 4.17. The molecule has 0 amide bonds. The molecule has 0 aliphatic carbocycles. The Kier molecular flexibility index (Phi) is 6.71. The van der Waals surface area contributed by atoms with E-state index in [1.807, 2.05) is 24.3 Å². The number of rotatable bonds is 5. The molecule has 0 bridgehead atoms. The number of alkyl halides is 1. The van der Waals surface area contributed by atoms with Crippen LogP contribution in [0.15, 0.2) is 24.3 Å². The van der Waals surface area contributed by atoms with Gasteiger partial charge < -0.3 is 4.74 Å². The lowest BCUT2D eigenvalue weighted by atomic mass is 10.2. The summed E-state index contributed by atoms with van der Waals surface area (Å²) < 4.78 is 5.68. The Morgan fingerprint density at radius 2 is 1.76 bits per heavy atom. The molecular formula is C13H19Cl2NO. The summed E-state index contributed by atoms with van der Waals surface area (Å²) in [5.41, 5.74) is 1.13. The van der Waals surface area contributed by atoms with Gasteiger partial charge in [0.05, 0.1) is 0 Å². The third kappa shape index (κ3) is 4.74. The van der Waals surface area contributed by atoms with Crippen molar-refractivity contribution in [3.63, 3.8) is 0 Å². The number of hydrogen-bond acceptors (Lipinski definition) is 2. The molecule has 0 saturated carbocycles. The van der Waals surface area contributed by atoms with E-state index >= 15 is 0 Å². The smallest absolute Gasteiger partial charge is 0.119 e. The van der Waals surface area contributed by atoms with Crippen LogP contribution in [0.5, 0.6) is 5.75 Å². The topological polar surface area (TPSA) is 12.5 Å². The monoisotopic (exact) mass is 275 g/mol. The minimum absolute atomic E-state index is 0. The quantitative estimate of drug-likeness (QED) is 0.765. The molecule has 2 nitrogen and oxygen atoms in total. The summed E-state index contributed by atoms with van der Waals surface area (Å²) >= 11 is 5.72. The van der Waals surface area contributed by atoms with Gasteiger partial charge in [0.2, 0.25) is 0 Å². The van der Waals surface area contributed by atoms with Gasteiger partial charge in [-0.3, -0.25) is 4.90 Å². The van der Waals surface area contributed by atoms with Crippen molar-refractivity contribution in [1.82, 2.24) is 4.90 Å². The van der Waals surface area contributed by atoms with Gasteiger partial charge in [0.25, 0.3) is 0 Å². The normalized spacial score (nSPS) is 15.6. The maximum absolute atomic E-state index is 5.72. The first kappa shape index (κ1) is 14.6. The van der Waals surface area contributed by atoms with Gasteiger partial charge in [0, 0.05) is 12.4 Å². The summed E-state index contributed by atoms with van der Waals surface area (Å²) in [7, 11) is 0. The van der Waals surface area contributed by atoms with Gasteiger partial charge in [-0.15, -0.1) is 24.0 Å². The molecule has 2 rings (SSSR count). The lowest BCUT2D eigenvalue weighted by Crippen LogP contribution is -2.25. The number of hydrogen-bond donors (Lipinski definition) is 0. The fourth-order valence-corrected chi connectivity index (χ4v) is 2.15. The van der Waals surface area contributed by atoms with Crippen LogP contribution < -0.4 is 4.74 Å². The van der Waals surface area contributed by atoms with Gasteiger partial charge in [-0.2, -0.15) is 0 Å². The number of ether oxygens (including phenoxy) is 1. The van der Waals surface area contributed by atoms with E-state index in [4.69, 9.17) is 16.3 Å². The van der Waals surface area contributed by atoms with Crippen LogP contribution in [0.4, 0.5) is 0 Å². The molecule has 0 aromatic heterocycles. The van der Waals surface area contributed by atoms with Crippen molar-refractivity contribution in [1.29, 1.82) is 0 Å². The van der Waals surface area contributed by atoms with Crippen molar-refractivity contribution < 1.29 is 4.74 Å². The van der Waals surface area contributed by atoms with E-state index in [0.29, 0.717) is 5.88 Å². The van der Waals surface area contributed by atoms with E-state index in [1.54, 1.807) is 0 Å². The maximum Gasteiger partial charge on any atom is 0.119 e. The Labute approximate surface area is 114 Å². The Morgan fingerprint density at radius 3 is 2.35 bits per heavy atom. The highest BCUT2D eigenvalue weighted by Gasteiger charge is 2.10. The average Bonchev–Trinajstić information content (AvgIpc) is 2.83. The number of nitrogens with zero attached hydrogens (tertiary/aromatic N) is 1. The Hall–Kier alpha value is -0.440. The molecule has 0 atom stereocenters. The second-order valence-corrected chi connectivity index (χ2v) is 4.44. The lowest BCUT2D eigenvalue weighted by Gasteiger charge is -2.14. The molecule has 1 aliphatic heterocycles. The highest BCUT2D eigenvalue weighted by atomic mass is 35.5. The molecule has 17 heavy (non-hydrogen) atoms. The Balaban J connectivity index is 0.00000144. The van der Waals surface area contributed by atoms with Crippen molar-refractivity contribution in [3.8, 4) is 5.75 Å². The summed E-state index contributed by atoms with van der Waals surface area (Å²) in [6.45, 7) is 4.28. The molecule has 0 spiro atoms. The molecular weight excluding hydrogens is 257 g/mol. The first-order valence-electron chi connectivity index (χ1n) is 5.88. The van der Waals surface area contributed by atoms with Gasteiger partial charge in [-0.25, -0.2) is 0 Å². The van der Waals surface area contributed by atoms with E-state index in [-0.39, 0.29) is 12.4 Å². The predicted octanol–water partition coefficient (Wildman–Crippen LogP) is 3.32. The average molecular weight is 276 g/mol. The SMILES string of the molecule is Cl.ClCc1ccc(OCCN2CCCC2)cc1. The van der Waals surface area contributed by atoms with Crippen LogP contribution >= 0.6 is 24.0 Å². The Bertz CT molecular complexity index is 310. The number of benzene rings is 1. The molecule has 0 unspecified atom stereocenters. The first-order valence-corrected chi connectivity index (χ1v) is 6.42. The standard InChI is InChI=1S/C13H18ClNO.ClH/c14-11-12-3-5-13(6-4-12)16-10-9-15-7-1-2-8-15;/h3-6H,1-2,7-11H2;1H. The second kappa shape index (κ2) is 7.80. The highest BCUT2D eigenvalue weighted by Crippen LogP contribution is 2.14. The van der Waals surface area contributed by atoms with Crippen LogP contribution in [-0.4, -0.2) is 31.1 Å². The van der Waals surface area contributed by atoms with Crippen LogP contribution in [0.2, 0.25) is 0 Å². The lowest BCUT2D eigenvalue weighted by molar-refractivity contribution is 0.238. The summed E-state index contributed by atoms with van der Waals surface area (Å²) in [6.07, 6.45) is 2.68. The molecule has 1 aromatic carbocycles. The van der Waals surface area contributed by atoms with Crippen molar-refractivity contribution in [2.24, 2.45) is 0 Å². The summed E-state index contributed by atoms with van der Waals surface area (Å²) in [6, 6.07) is 8.00. The van der Waals surface area contributed by atoms with Crippen molar-refractivity contribution in [3.05, 3.63) is 29.8 Å². The zero-order chi connectivity index (χ0) is 11.2. The minimum atomic E-state index is 0. The van der Waals surface area contributed by atoms with Gasteiger partial charge in [0.15, 0.2) is 0 Å². The van der Waals surface area contributed by atoms with Crippen LogP contribution in [0.3, 0.4) is 0 Å². The van der Waals surface area contributed by atoms with E-state index in [1.165, 1.54) is 25.9 Å².